The average Bonchev–Trinajstić information content (AvgIpc) is 2.53. The zero-order valence-electron chi connectivity index (χ0n) is 11.3. The minimum absolute atomic E-state index is 0.321. The smallest absolute Gasteiger partial charge is 0.151 e. The number of nitrogens with zero attached hydrogens (tertiary/aromatic N) is 1. The standard InChI is InChI=1S/C16H12BrNO3/c1-20-16-6-11(2-3-12(16)8-18)10-21-14-4-5-15(17)13(7-14)9-19/h2-7,9H,10H2,1H3. The molecule has 4 nitrogen and oxygen atoms in total. The number of hydrogen-bond donors (Lipinski definition) is 0. The number of nitriles is 1. The average molecular weight is 346 g/mol. The molecule has 2 aromatic carbocycles. The fraction of sp³-hybridized carbons (Fsp3) is 0.125. The molecule has 0 aromatic heterocycles. The maximum Gasteiger partial charge on any atom is 0.151 e. The molecule has 5 heteroatoms. The van der Waals surface area contributed by atoms with E-state index in [1.807, 2.05) is 0 Å². The predicted molar refractivity (Wildman–Crippen MR) is 81.6 cm³/mol. The van der Waals surface area contributed by atoms with Gasteiger partial charge in [-0.2, -0.15) is 5.26 Å². The summed E-state index contributed by atoms with van der Waals surface area (Å²) < 4.78 is 11.5. The quantitative estimate of drug-likeness (QED) is 0.775. The lowest BCUT2D eigenvalue weighted by atomic mass is 10.1. The van der Waals surface area contributed by atoms with Crippen LogP contribution in [0.15, 0.2) is 40.9 Å². The van der Waals surface area contributed by atoms with Crippen LogP contribution in [0.1, 0.15) is 21.5 Å². The summed E-state index contributed by atoms with van der Waals surface area (Å²) in [5.41, 5.74) is 1.89. The molecule has 0 saturated heterocycles. The number of halogens is 1. The predicted octanol–water partition coefficient (Wildman–Crippen LogP) is 3.72. The molecule has 0 heterocycles. The van der Waals surface area contributed by atoms with E-state index in [9.17, 15) is 4.79 Å². The molecule has 0 saturated carbocycles. The maximum atomic E-state index is 10.9. The van der Waals surface area contributed by atoms with E-state index in [0.717, 1.165) is 16.3 Å². The first kappa shape index (κ1) is 15.1. The topological polar surface area (TPSA) is 59.3 Å². The van der Waals surface area contributed by atoms with Gasteiger partial charge in [0.1, 0.15) is 24.2 Å². The monoisotopic (exact) mass is 345 g/mol. The minimum atomic E-state index is 0.321. The van der Waals surface area contributed by atoms with Gasteiger partial charge >= 0.3 is 0 Å². The molecule has 0 fully saturated rings. The number of carbonyl (C=O) groups excluding carboxylic acids is 1. The van der Waals surface area contributed by atoms with Crippen LogP contribution in [-0.4, -0.2) is 13.4 Å². The van der Waals surface area contributed by atoms with Crippen molar-refractivity contribution in [3.05, 3.63) is 57.6 Å². The largest absolute Gasteiger partial charge is 0.495 e. The Bertz CT molecular complexity index is 707. The van der Waals surface area contributed by atoms with Gasteiger partial charge in [0.25, 0.3) is 0 Å². The summed E-state index contributed by atoms with van der Waals surface area (Å²) in [5.74, 6) is 1.12. The second-order valence-corrected chi connectivity index (χ2v) is 5.09. The fourth-order valence-electron chi connectivity index (χ4n) is 1.79. The third-order valence-electron chi connectivity index (χ3n) is 2.89. The highest BCUT2D eigenvalue weighted by atomic mass is 79.9. The molecule has 0 bridgehead atoms. The Balaban J connectivity index is 2.13. The molecule has 2 aromatic rings. The molecule has 0 aliphatic carbocycles. The van der Waals surface area contributed by atoms with Crippen LogP contribution in [0.4, 0.5) is 0 Å². The lowest BCUT2D eigenvalue weighted by molar-refractivity contribution is 0.112. The number of carbonyl (C=O) groups is 1. The summed E-state index contributed by atoms with van der Waals surface area (Å²) in [4.78, 5) is 10.9. The van der Waals surface area contributed by atoms with Crippen molar-refractivity contribution >= 4 is 22.2 Å². The molecule has 106 valence electrons. The molecule has 2 rings (SSSR count). The third kappa shape index (κ3) is 3.61. The van der Waals surface area contributed by atoms with Crippen molar-refractivity contribution in [1.29, 1.82) is 5.26 Å². The summed E-state index contributed by atoms with van der Waals surface area (Å²) >= 11 is 3.29. The number of methoxy groups -OCH3 is 1. The summed E-state index contributed by atoms with van der Waals surface area (Å²) in [6, 6.07) is 12.5. The summed E-state index contributed by atoms with van der Waals surface area (Å²) in [6.07, 6.45) is 0.766. The first-order valence-electron chi connectivity index (χ1n) is 6.12. The van der Waals surface area contributed by atoms with Crippen molar-refractivity contribution in [1.82, 2.24) is 0 Å². The fourth-order valence-corrected chi connectivity index (χ4v) is 2.13. The lowest BCUT2D eigenvalue weighted by Crippen LogP contribution is -1.98. The highest BCUT2D eigenvalue weighted by Gasteiger charge is 2.05. The Hall–Kier alpha value is -2.32. The molecule has 0 atom stereocenters. The van der Waals surface area contributed by atoms with E-state index >= 15 is 0 Å². The minimum Gasteiger partial charge on any atom is -0.495 e. The van der Waals surface area contributed by atoms with Gasteiger partial charge in [-0.15, -0.1) is 0 Å². The third-order valence-corrected chi connectivity index (χ3v) is 3.61. The van der Waals surface area contributed by atoms with Gasteiger partial charge in [-0.05, 0) is 35.9 Å². The van der Waals surface area contributed by atoms with Crippen LogP contribution in [-0.2, 0) is 6.61 Å². The van der Waals surface area contributed by atoms with Gasteiger partial charge in [0, 0.05) is 10.0 Å². The highest BCUT2D eigenvalue weighted by Crippen LogP contribution is 2.23. The zero-order chi connectivity index (χ0) is 15.2. The Labute approximate surface area is 131 Å². The molecule has 21 heavy (non-hydrogen) atoms. The van der Waals surface area contributed by atoms with E-state index in [1.54, 1.807) is 36.4 Å². The second kappa shape index (κ2) is 6.91. The van der Waals surface area contributed by atoms with Gasteiger partial charge in [-0.25, -0.2) is 0 Å². The summed E-state index contributed by atoms with van der Waals surface area (Å²) in [7, 11) is 1.52. The molecule has 0 spiro atoms. The van der Waals surface area contributed by atoms with E-state index in [1.165, 1.54) is 7.11 Å². The second-order valence-electron chi connectivity index (χ2n) is 4.24. The zero-order valence-corrected chi connectivity index (χ0v) is 12.9. The lowest BCUT2D eigenvalue weighted by Gasteiger charge is -2.09. The van der Waals surface area contributed by atoms with Crippen LogP contribution in [0, 0.1) is 11.3 Å². The van der Waals surface area contributed by atoms with Crippen LogP contribution in [0.3, 0.4) is 0 Å². The van der Waals surface area contributed by atoms with Gasteiger partial charge in [-0.3, -0.25) is 4.79 Å². The van der Waals surface area contributed by atoms with Crippen molar-refractivity contribution in [3.8, 4) is 17.6 Å². The van der Waals surface area contributed by atoms with Crippen LogP contribution in [0.5, 0.6) is 11.5 Å². The molecule has 0 N–H and O–H groups in total. The molecule has 0 radical (unpaired) electrons. The molecule has 0 aliphatic rings. The number of rotatable bonds is 5. The van der Waals surface area contributed by atoms with E-state index in [4.69, 9.17) is 14.7 Å². The SMILES string of the molecule is COc1cc(COc2ccc(Br)c(C=O)c2)ccc1C#N. The summed E-state index contributed by atoms with van der Waals surface area (Å²) in [5, 5.41) is 8.93. The molecule has 0 amide bonds. The Kier molecular flexibility index (Phi) is 4.96. The van der Waals surface area contributed by atoms with E-state index in [-0.39, 0.29) is 0 Å². The van der Waals surface area contributed by atoms with Crippen LogP contribution >= 0.6 is 15.9 Å². The number of benzene rings is 2. The Morgan fingerprint density at radius 2 is 2.10 bits per heavy atom. The maximum absolute atomic E-state index is 10.9. The highest BCUT2D eigenvalue weighted by molar-refractivity contribution is 9.10. The first-order chi connectivity index (χ1) is 10.2. The van der Waals surface area contributed by atoms with Crippen molar-refractivity contribution in [2.45, 2.75) is 6.61 Å². The first-order valence-corrected chi connectivity index (χ1v) is 6.91. The van der Waals surface area contributed by atoms with Gasteiger partial charge < -0.3 is 9.47 Å². The number of aldehydes is 1. The summed E-state index contributed by atoms with van der Waals surface area (Å²) in [6.45, 7) is 0.321. The van der Waals surface area contributed by atoms with Crippen molar-refractivity contribution < 1.29 is 14.3 Å². The van der Waals surface area contributed by atoms with Gasteiger partial charge in [0.05, 0.1) is 12.7 Å². The van der Waals surface area contributed by atoms with Gasteiger partial charge in [0.15, 0.2) is 6.29 Å². The molecule has 0 aliphatic heterocycles. The molecular weight excluding hydrogens is 334 g/mol. The van der Waals surface area contributed by atoms with Crippen LogP contribution in [0.2, 0.25) is 0 Å². The van der Waals surface area contributed by atoms with Crippen LogP contribution < -0.4 is 9.47 Å². The Morgan fingerprint density at radius 3 is 2.76 bits per heavy atom. The number of hydrogen-bond acceptors (Lipinski definition) is 4. The van der Waals surface area contributed by atoms with Crippen molar-refractivity contribution in [2.75, 3.05) is 7.11 Å². The normalized spacial score (nSPS) is 9.76. The van der Waals surface area contributed by atoms with E-state index < -0.39 is 0 Å². The molecule has 0 unspecified atom stereocenters. The van der Waals surface area contributed by atoms with Gasteiger partial charge in [0.2, 0.25) is 0 Å². The van der Waals surface area contributed by atoms with Crippen molar-refractivity contribution in [2.24, 2.45) is 0 Å². The Morgan fingerprint density at radius 1 is 1.29 bits per heavy atom. The number of ether oxygens (including phenoxy) is 2. The van der Waals surface area contributed by atoms with E-state index in [2.05, 4.69) is 22.0 Å². The van der Waals surface area contributed by atoms with Gasteiger partial charge in [-0.1, -0.05) is 22.0 Å². The van der Waals surface area contributed by atoms with Crippen LogP contribution in [0.25, 0.3) is 0 Å². The molecular formula is C16H12BrNO3. The van der Waals surface area contributed by atoms with Crippen molar-refractivity contribution in [3.63, 3.8) is 0 Å². The van der Waals surface area contributed by atoms with E-state index in [0.29, 0.717) is 29.2 Å².